The monoisotopic (exact) mass is 550 g/mol. The number of nitrogens with zero attached hydrogens (tertiary/aromatic N) is 1. The van der Waals surface area contributed by atoms with E-state index in [4.69, 9.17) is 4.74 Å². The lowest BCUT2D eigenvalue weighted by Gasteiger charge is -2.45. The zero-order valence-corrected chi connectivity index (χ0v) is 23.6. The highest BCUT2D eigenvalue weighted by Gasteiger charge is 2.63. The van der Waals surface area contributed by atoms with Crippen LogP contribution in [0.1, 0.15) is 71.4 Å². The van der Waals surface area contributed by atoms with Crippen LogP contribution in [0.5, 0.6) is 0 Å². The maximum atomic E-state index is 14.1. The number of hydrogen-bond donors (Lipinski definition) is 1. The number of ether oxygens (including phenoxy) is 1. The Balaban J connectivity index is 1.26. The Kier molecular flexibility index (Phi) is 6.98. The molecule has 0 saturated carbocycles. The van der Waals surface area contributed by atoms with Gasteiger partial charge in [-0.15, -0.1) is 0 Å². The minimum atomic E-state index is -1.07. The Bertz CT molecular complexity index is 1430. The molecule has 7 nitrogen and oxygen atoms in total. The molecule has 0 spiro atoms. The average Bonchev–Trinajstić information content (AvgIpc) is 3.24. The molecule has 3 amide bonds. The van der Waals surface area contributed by atoms with Crippen molar-refractivity contribution in [2.24, 2.45) is 11.8 Å². The molecule has 7 rings (SSSR count). The Hall–Kier alpha value is -4.26. The molecule has 3 aliphatic carbocycles. The first-order valence-corrected chi connectivity index (χ1v) is 14.4. The third-order valence-electron chi connectivity index (χ3n) is 8.99. The summed E-state index contributed by atoms with van der Waals surface area (Å²) in [4.78, 5) is 55.7. The molecule has 3 aromatic rings. The van der Waals surface area contributed by atoms with E-state index in [1.165, 1.54) is 4.90 Å². The van der Waals surface area contributed by atoms with Crippen molar-refractivity contribution in [2.75, 3.05) is 11.9 Å². The summed E-state index contributed by atoms with van der Waals surface area (Å²) in [6, 6.07) is 20.7. The first kappa shape index (κ1) is 26.9. The summed E-state index contributed by atoms with van der Waals surface area (Å²) in [5.74, 6) is -3.47. The third-order valence-corrected chi connectivity index (χ3v) is 8.99. The first-order valence-electron chi connectivity index (χ1n) is 14.4. The van der Waals surface area contributed by atoms with Crippen molar-refractivity contribution in [1.29, 1.82) is 0 Å². The van der Waals surface area contributed by atoms with Crippen molar-refractivity contribution in [3.63, 3.8) is 0 Å². The highest BCUT2D eigenvalue weighted by molar-refractivity contribution is 6.10. The van der Waals surface area contributed by atoms with E-state index in [0.717, 1.165) is 39.8 Å². The fraction of sp³-hybridized carbons (Fsp3) is 0.353. The zero-order chi connectivity index (χ0) is 28.8. The number of anilines is 1. The molecule has 3 atom stereocenters. The van der Waals surface area contributed by atoms with Crippen molar-refractivity contribution >= 4 is 29.4 Å². The van der Waals surface area contributed by atoms with Gasteiger partial charge in [-0.1, -0.05) is 86.5 Å². The summed E-state index contributed by atoms with van der Waals surface area (Å²) in [5, 5.41) is 2.82. The molecular formula is C34H34N2O5. The molecule has 2 bridgehead atoms. The van der Waals surface area contributed by atoms with Gasteiger partial charge in [0.25, 0.3) is 5.91 Å². The molecule has 1 heterocycles. The topological polar surface area (TPSA) is 92.8 Å². The molecule has 1 N–H and O–H groups in total. The fourth-order valence-electron chi connectivity index (χ4n) is 7.18. The van der Waals surface area contributed by atoms with E-state index < -0.39 is 36.4 Å². The first-order chi connectivity index (χ1) is 19.8. The van der Waals surface area contributed by atoms with Crippen LogP contribution < -0.4 is 5.32 Å². The largest absolute Gasteiger partial charge is 0.454 e. The number of rotatable bonds is 8. The van der Waals surface area contributed by atoms with Gasteiger partial charge in [0.15, 0.2) is 6.61 Å². The fourth-order valence-corrected chi connectivity index (χ4v) is 7.18. The minimum Gasteiger partial charge on any atom is -0.454 e. The van der Waals surface area contributed by atoms with Crippen molar-refractivity contribution < 1.29 is 23.9 Å². The predicted octanol–water partition coefficient (Wildman–Crippen LogP) is 5.24. The van der Waals surface area contributed by atoms with Gasteiger partial charge in [0, 0.05) is 17.5 Å². The van der Waals surface area contributed by atoms with E-state index in [2.05, 4.69) is 29.6 Å². The van der Waals surface area contributed by atoms with Gasteiger partial charge < -0.3 is 10.1 Å². The molecular weight excluding hydrogens is 516 g/mol. The van der Waals surface area contributed by atoms with Crippen molar-refractivity contribution in [2.45, 2.75) is 57.9 Å². The number of unbranched alkanes of at least 4 members (excludes halogenated alkanes) is 1. The Morgan fingerprint density at radius 1 is 0.805 bits per heavy atom. The number of nitrogens with one attached hydrogen (secondary N) is 1. The van der Waals surface area contributed by atoms with Crippen LogP contribution in [0.25, 0.3) is 0 Å². The van der Waals surface area contributed by atoms with Crippen molar-refractivity contribution in [3.05, 3.63) is 100 Å². The van der Waals surface area contributed by atoms with E-state index in [1.807, 2.05) is 63.2 Å². The van der Waals surface area contributed by atoms with Crippen LogP contribution in [0, 0.1) is 25.7 Å². The number of para-hydroxylation sites is 1. The molecule has 3 aromatic carbocycles. The average molecular weight is 551 g/mol. The van der Waals surface area contributed by atoms with Gasteiger partial charge in [0.2, 0.25) is 11.8 Å². The normalized spacial score (nSPS) is 22.6. The molecule has 0 unspecified atom stereocenters. The number of hydrogen-bond acceptors (Lipinski definition) is 5. The van der Waals surface area contributed by atoms with E-state index in [1.54, 1.807) is 0 Å². The standard InChI is InChI=1S/C34H34N2O5/c1-4-5-17-25(34(40)41-18-26(37)35-31-19(2)11-10-12-20(31)3)36-32(38)29-27-21-13-6-7-14-22(21)28(30(29)33(36)39)24-16-9-8-15-23(24)27/h6-16,25,27-30H,4-5,17-18H2,1-3H3,(H,35,37)/t25-,27?,28?,29-,30+/m0/s1. The van der Waals surface area contributed by atoms with Crippen molar-refractivity contribution in [3.8, 4) is 0 Å². The van der Waals surface area contributed by atoms with Gasteiger partial charge in [-0.3, -0.25) is 19.3 Å². The summed E-state index contributed by atoms with van der Waals surface area (Å²) >= 11 is 0. The lowest BCUT2D eigenvalue weighted by Crippen LogP contribution is -2.47. The van der Waals surface area contributed by atoms with Gasteiger partial charge in [-0.2, -0.15) is 0 Å². The summed E-state index contributed by atoms with van der Waals surface area (Å²) in [5.41, 5.74) is 6.80. The number of carbonyl (C=O) groups is 4. The van der Waals surface area contributed by atoms with Crippen LogP contribution in [0.15, 0.2) is 66.7 Å². The van der Waals surface area contributed by atoms with Gasteiger partial charge in [-0.25, -0.2) is 4.79 Å². The van der Waals surface area contributed by atoms with Gasteiger partial charge in [0.1, 0.15) is 6.04 Å². The number of carbonyl (C=O) groups excluding carboxylic acids is 4. The molecule has 0 aromatic heterocycles. The van der Waals surface area contributed by atoms with Crippen molar-refractivity contribution in [1.82, 2.24) is 4.90 Å². The van der Waals surface area contributed by atoms with E-state index >= 15 is 0 Å². The molecule has 7 heteroatoms. The Morgan fingerprint density at radius 3 is 1.76 bits per heavy atom. The van der Waals surface area contributed by atoms with Crippen LogP contribution in [0.2, 0.25) is 0 Å². The van der Waals surface area contributed by atoms with Crippen LogP contribution in [-0.4, -0.2) is 41.2 Å². The van der Waals surface area contributed by atoms with Gasteiger partial charge in [0.05, 0.1) is 11.8 Å². The number of benzene rings is 3. The summed E-state index contributed by atoms with van der Waals surface area (Å²) in [7, 11) is 0. The zero-order valence-electron chi connectivity index (χ0n) is 23.6. The molecule has 0 radical (unpaired) electrons. The number of esters is 1. The molecule has 41 heavy (non-hydrogen) atoms. The highest BCUT2D eigenvalue weighted by Crippen LogP contribution is 2.61. The lowest BCUT2D eigenvalue weighted by molar-refractivity contribution is -0.160. The van der Waals surface area contributed by atoms with Crippen LogP contribution in [0.4, 0.5) is 5.69 Å². The SMILES string of the molecule is CCCC[C@@H](C(=O)OCC(=O)Nc1c(C)cccc1C)N1C(=O)[C@@H]2C3c4ccccc4C(c4ccccc43)[C@@H]2C1=O. The third kappa shape index (κ3) is 4.35. The number of imide groups is 1. The van der Waals surface area contributed by atoms with Gasteiger partial charge in [-0.05, 0) is 53.6 Å². The maximum absolute atomic E-state index is 14.1. The molecule has 1 fully saturated rings. The summed E-state index contributed by atoms with van der Waals surface area (Å²) in [6.45, 7) is 5.27. The molecule has 1 aliphatic heterocycles. The van der Waals surface area contributed by atoms with E-state index in [0.29, 0.717) is 18.5 Å². The highest BCUT2D eigenvalue weighted by atomic mass is 16.5. The second-order valence-electron chi connectivity index (χ2n) is 11.4. The van der Waals surface area contributed by atoms with Gasteiger partial charge >= 0.3 is 5.97 Å². The minimum absolute atomic E-state index is 0.246. The number of aryl methyl sites for hydroxylation is 2. The smallest absolute Gasteiger partial charge is 0.329 e. The molecule has 1 saturated heterocycles. The second-order valence-corrected chi connectivity index (χ2v) is 11.4. The lowest BCUT2D eigenvalue weighted by atomic mass is 9.55. The quantitative estimate of drug-likeness (QED) is 0.306. The molecule has 4 aliphatic rings. The summed E-state index contributed by atoms with van der Waals surface area (Å²) in [6.07, 6.45) is 1.70. The van der Waals surface area contributed by atoms with E-state index in [9.17, 15) is 19.2 Å². The van der Waals surface area contributed by atoms with Crippen LogP contribution >= 0.6 is 0 Å². The summed E-state index contributed by atoms with van der Waals surface area (Å²) < 4.78 is 5.47. The number of amides is 3. The second kappa shape index (κ2) is 10.6. The van der Waals surface area contributed by atoms with Crippen LogP contribution in [-0.2, 0) is 23.9 Å². The Labute approximate surface area is 239 Å². The van der Waals surface area contributed by atoms with Crippen LogP contribution in [0.3, 0.4) is 0 Å². The number of likely N-dealkylation sites (tertiary alicyclic amines) is 1. The Morgan fingerprint density at radius 2 is 1.29 bits per heavy atom. The van der Waals surface area contributed by atoms with E-state index in [-0.39, 0.29) is 23.7 Å². The molecule has 210 valence electrons. The maximum Gasteiger partial charge on any atom is 0.329 e. The predicted molar refractivity (Wildman–Crippen MR) is 154 cm³/mol.